The van der Waals surface area contributed by atoms with E-state index in [9.17, 15) is 9.13 Å². The van der Waals surface area contributed by atoms with E-state index >= 15 is 0 Å². The molecular formula is C22H36N4O4P2S2. The first-order chi connectivity index (χ1) is 16.2. The Kier molecular flexibility index (Phi) is 11.4. The van der Waals surface area contributed by atoms with E-state index in [0.29, 0.717) is 61.1 Å². The fraction of sp³-hybridized carbons (Fsp3) is 0.545. The highest BCUT2D eigenvalue weighted by Crippen LogP contribution is 2.40. The lowest BCUT2D eigenvalue weighted by Gasteiger charge is -2.32. The monoisotopic (exact) mass is 546 g/mol. The highest BCUT2D eigenvalue weighted by Gasteiger charge is 2.25. The number of rotatable bonds is 13. The summed E-state index contributed by atoms with van der Waals surface area (Å²) in [6.45, 7) is 9.37. The Hall–Kier alpha value is -1.60. The van der Waals surface area contributed by atoms with Gasteiger partial charge in [0.15, 0.2) is 24.8 Å². The summed E-state index contributed by atoms with van der Waals surface area (Å²) in [7, 11) is -5.19. The van der Waals surface area contributed by atoms with E-state index < -0.39 is 14.6 Å². The molecule has 0 aliphatic heterocycles. The summed E-state index contributed by atoms with van der Waals surface area (Å²) in [5.41, 5.74) is 0. The molecule has 0 fully saturated rings. The Morgan fingerprint density at radius 2 is 1.12 bits per heavy atom. The number of furan rings is 2. The molecule has 2 N–H and O–H groups in total. The van der Waals surface area contributed by atoms with Gasteiger partial charge in [-0.2, -0.15) is 0 Å². The average Bonchev–Trinajstić information content (AvgIpc) is 3.54. The molecule has 8 nitrogen and oxygen atoms in total. The highest BCUT2D eigenvalue weighted by molar-refractivity contribution is 7.81. The summed E-state index contributed by atoms with van der Waals surface area (Å²) in [4.78, 5) is 3.84. The highest BCUT2D eigenvalue weighted by atomic mass is 32.1. The van der Waals surface area contributed by atoms with Crippen LogP contribution in [-0.2, 0) is 22.2 Å². The van der Waals surface area contributed by atoms with Gasteiger partial charge in [-0.25, -0.2) is 0 Å². The molecular weight excluding hydrogens is 510 g/mol. The second-order valence-electron chi connectivity index (χ2n) is 7.88. The quantitative estimate of drug-likeness (QED) is 0.246. The SMILES string of the molecule is CCP(=O)(CC)NC(=S)N(CCN(Cc1ccco1)C(=S)NP(=O)(CC)CC)Cc1ccco1. The van der Waals surface area contributed by atoms with Gasteiger partial charge in [0.25, 0.3) is 0 Å². The van der Waals surface area contributed by atoms with E-state index in [0.717, 1.165) is 11.5 Å². The Morgan fingerprint density at radius 1 is 0.765 bits per heavy atom. The molecule has 2 rings (SSSR count). The van der Waals surface area contributed by atoms with Crippen LogP contribution in [0.5, 0.6) is 0 Å². The van der Waals surface area contributed by atoms with E-state index in [4.69, 9.17) is 33.3 Å². The standard InChI is InChI=1S/C22H36N4O4P2S2/c1-5-31(27,6-2)23-21(33)25(17-19-11-9-15-29-19)13-14-26(18-20-12-10-16-30-20)22(34)24-32(28,7-3)8-4/h9-12,15-16H,5-8,13-14,17-18H2,1-4H3,(H,23,27,33)(H,24,28,34). The lowest BCUT2D eigenvalue weighted by molar-refractivity contribution is 0.297. The van der Waals surface area contributed by atoms with Crippen LogP contribution in [0.3, 0.4) is 0 Å². The minimum absolute atomic E-state index is 0.410. The normalized spacial score (nSPS) is 11.8. The summed E-state index contributed by atoms with van der Waals surface area (Å²) >= 11 is 11.3. The van der Waals surface area contributed by atoms with Crippen LogP contribution in [0.4, 0.5) is 0 Å². The molecule has 34 heavy (non-hydrogen) atoms. The fourth-order valence-electron chi connectivity index (χ4n) is 3.18. The average molecular weight is 547 g/mol. The van der Waals surface area contributed by atoms with Crippen LogP contribution < -0.4 is 10.2 Å². The Bertz CT molecular complexity index is 902. The zero-order valence-corrected chi connectivity index (χ0v) is 23.8. The zero-order chi connectivity index (χ0) is 25.2. The smallest absolute Gasteiger partial charge is 0.174 e. The van der Waals surface area contributed by atoms with Crippen molar-refractivity contribution >= 4 is 49.2 Å². The third-order valence-electron chi connectivity index (χ3n) is 5.71. The Labute approximate surface area is 213 Å². The first kappa shape index (κ1) is 28.6. The van der Waals surface area contributed by atoms with Crippen LogP contribution in [0, 0.1) is 0 Å². The van der Waals surface area contributed by atoms with Crippen molar-refractivity contribution in [1.29, 1.82) is 0 Å². The van der Waals surface area contributed by atoms with E-state index in [1.165, 1.54) is 0 Å². The second-order valence-corrected chi connectivity index (χ2v) is 15.2. The molecule has 190 valence electrons. The molecule has 2 heterocycles. The molecule has 0 saturated carbocycles. The third-order valence-corrected chi connectivity index (χ3v) is 12.1. The molecule has 0 unspecified atom stereocenters. The van der Waals surface area contributed by atoms with Crippen molar-refractivity contribution in [2.75, 3.05) is 37.7 Å². The van der Waals surface area contributed by atoms with E-state index in [2.05, 4.69) is 10.2 Å². The Morgan fingerprint density at radius 3 is 1.38 bits per heavy atom. The molecule has 0 aliphatic carbocycles. The van der Waals surface area contributed by atoms with Crippen molar-refractivity contribution in [2.24, 2.45) is 0 Å². The zero-order valence-electron chi connectivity index (χ0n) is 20.4. The molecule has 0 bridgehead atoms. The molecule has 12 heteroatoms. The van der Waals surface area contributed by atoms with Gasteiger partial charge in [-0.05, 0) is 48.7 Å². The second kappa shape index (κ2) is 13.5. The number of hydrogen-bond acceptors (Lipinski definition) is 6. The van der Waals surface area contributed by atoms with Crippen molar-refractivity contribution in [3.63, 3.8) is 0 Å². The molecule has 0 radical (unpaired) electrons. The van der Waals surface area contributed by atoms with Gasteiger partial charge in [-0.1, -0.05) is 27.7 Å². The van der Waals surface area contributed by atoms with Gasteiger partial charge in [-0.15, -0.1) is 0 Å². The number of thiocarbonyl (C=S) groups is 2. The van der Waals surface area contributed by atoms with E-state index in [-0.39, 0.29) is 0 Å². The fourth-order valence-corrected chi connectivity index (χ4v) is 7.00. The lowest BCUT2D eigenvalue weighted by atomic mass is 10.3. The maximum Gasteiger partial charge on any atom is 0.174 e. The first-order valence-corrected chi connectivity index (χ1v) is 16.5. The number of nitrogens with zero attached hydrogens (tertiary/aromatic N) is 2. The molecule has 0 aromatic carbocycles. The van der Waals surface area contributed by atoms with Gasteiger partial charge in [-0.3, -0.25) is 0 Å². The molecule has 2 aromatic heterocycles. The van der Waals surface area contributed by atoms with Gasteiger partial charge in [0, 0.05) is 37.7 Å². The van der Waals surface area contributed by atoms with Crippen LogP contribution in [0.2, 0.25) is 0 Å². The van der Waals surface area contributed by atoms with Gasteiger partial charge in [0.1, 0.15) is 11.5 Å². The third kappa shape index (κ3) is 8.56. The summed E-state index contributed by atoms with van der Waals surface area (Å²) in [6.07, 6.45) is 5.28. The van der Waals surface area contributed by atoms with E-state index in [1.54, 1.807) is 12.5 Å². The summed E-state index contributed by atoms with van der Waals surface area (Å²) in [6, 6.07) is 7.39. The predicted octanol–water partition coefficient (Wildman–Crippen LogP) is 5.56. The predicted molar refractivity (Wildman–Crippen MR) is 147 cm³/mol. The molecule has 0 amide bonds. The van der Waals surface area contributed by atoms with Gasteiger partial charge < -0.3 is 37.9 Å². The molecule has 0 aliphatic rings. The van der Waals surface area contributed by atoms with Crippen molar-refractivity contribution < 1.29 is 18.0 Å². The van der Waals surface area contributed by atoms with E-state index in [1.807, 2.05) is 61.8 Å². The van der Waals surface area contributed by atoms with Gasteiger partial charge in [0.2, 0.25) is 0 Å². The van der Waals surface area contributed by atoms with Gasteiger partial charge in [0.05, 0.1) is 25.6 Å². The number of hydrogen-bond donors (Lipinski definition) is 2. The molecule has 0 atom stereocenters. The summed E-state index contributed by atoms with van der Waals surface area (Å²) in [5, 5.41) is 7.02. The van der Waals surface area contributed by atoms with Crippen molar-refractivity contribution in [2.45, 2.75) is 40.8 Å². The van der Waals surface area contributed by atoms with Gasteiger partial charge >= 0.3 is 0 Å². The largest absolute Gasteiger partial charge is 0.467 e. The first-order valence-electron chi connectivity index (χ1n) is 11.5. The Balaban J connectivity index is 2.20. The van der Waals surface area contributed by atoms with Crippen molar-refractivity contribution in [3.8, 4) is 0 Å². The minimum atomic E-state index is -2.60. The van der Waals surface area contributed by atoms with Crippen LogP contribution >= 0.6 is 39.0 Å². The van der Waals surface area contributed by atoms with Crippen LogP contribution in [0.25, 0.3) is 0 Å². The van der Waals surface area contributed by atoms with Crippen LogP contribution in [-0.4, -0.2) is 57.8 Å². The van der Waals surface area contributed by atoms with Crippen molar-refractivity contribution in [1.82, 2.24) is 20.0 Å². The van der Waals surface area contributed by atoms with Crippen molar-refractivity contribution in [3.05, 3.63) is 48.3 Å². The number of nitrogens with one attached hydrogen (secondary N) is 2. The minimum Gasteiger partial charge on any atom is -0.467 e. The molecule has 2 aromatic rings. The molecule has 0 spiro atoms. The maximum atomic E-state index is 13.0. The van der Waals surface area contributed by atoms with Crippen LogP contribution in [0.1, 0.15) is 39.2 Å². The topological polar surface area (TPSA) is 91.0 Å². The maximum absolute atomic E-state index is 13.0. The van der Waals surface area contributed by atoms with Crippen LogP contribution in [0.15, 0.2) is 45.6 Å². The summed E-state index contributed by atoms with van der Waals surface area (Å²) in [5.74, 6) is 1.48. The lowest BCUT2D eigenvalue weighted by Crippen LogP contribution is -2.46. The summed E-state index contributed by atoms with van der Waals surface area (Å²) < 4.78 is 37.1. The molecule has 0 saturated heterocycles.